The number of rotatable bonds is 5. The lowest BCUT2D eigenvalue weighted by Gasteiger charge is -2.16. The van der Waals surface area contributed by atoms with Crippen LogP contribution in [0.2, 0.25) is 0 Å². The lowest BCUT2D eigenvalue weighted by Crippen LogP contribution is -2.30. The summed E-state index contributed by atoms with van der Waals surface area (Å²) in [6, 6.07) is 15.8. The van der Waals surface area contributed by atoms with Gasteiger partial charge in [-0.15, -0.1) is 10.2 Å². The fourth-order valence-corrected chi connectivity index (χ4v) is 4.09. The molecule has 1 aliphatic rings. The number of aromatic nitrogens is 3. The summed E-state index contributed by atoms with van der Waals surface area (Å²) in [6.45, 7) is 0.740. The highest BCUT2D eigenvalue weighted by molar-refractivity contribution is 7.99. The van der Waals surface area contributed by atoms with E-state index in [2.05, 4.69) is 16.3 Å². The van der Waals surface area contributed by atoms with Gasteiger partial charge in [-0.1, -0.05) is 42.1 Å². The molecule has 27 heavy (non-hydrogen) atoms. The molecule has 138 valence electrons. The van der Waals surface area contributed by atoms with Crippen LogP contribution in [0.4, 0.5) is 5.69 Å². The van der Waals surface area contributed by atoms with Crippen molar-refractivity contribution >= 4 is 23.4 Å². The smallest absolute Gasteiger partial charge is 0.237 e. The molecule has 3 aromatic rings. The number of hydrogen-bond acceptors (Lipinski definition) is 5. The van der Waals surface area contributed by atoms with E-state index < -0.39 is 0 Å². The second-order valence-electron chi connectivity index (χ2n) is 6.28. The summed E-state index contributed by atoms with van der Waals surface area (Å²) in [7, 11) is 3.54. The maximum Gasteiger partial charge on any atom is 0.237 e. The lowest BCUT2D eigenvalue weighted by molar-refractivity contribution is -0.116. The average Bonchev–Trinajstić information content (AvgIpc) is 3.30. The van der Waals surface area contributed by atoms with E-state index in [9.17, 15) is 4.79 Å². The van der Waals surface area contributed by atoms with Crippen LogP contribution in [0.3, 0.4) is 0 Å². The number of ether oxygens (including phenoxy) is 1. The first-order valence-corrected chi connectivity index (χ1v) is 9.71. The molecule has 0 bridgehead atoms. The van der Waals surface area contributed by atoms with Gasteiger partial charge in [0.1, 0.15) is 5.75 Å². The normalized spacial score (nSPS) is 12.9. The number of carbonyl (C=O) groups excluding carboxylic acids is 1. The molecule has 0 saturated carbocycles. The van der Waals surface area contributed by atoms with Gasteiger partial charge < -0.3 is 14.2 Å². The molecule has 0 fully saturated rings. The number of benzene rings is 2. The number of nitrogens with zero attached hydrogens (tertiary/aromatic N) is 4. The van der Waals surface area contributed by atoms with Crippen molar-refractivity contribution in [2.45, 2.75) is 11.6 Å². The molecular weight excluding hydrogens is 360 g/mol. The number of amides is 1. The van der Waals surface area contributed by atoms with E-state index in [0.29, 0.717) is 16.7 Å². The molecule has 0 unspecified atom stereocenters. The van der Waals surface area contributed by atoms with E-state index in [-0.39, 0.29) is 5.91 Å². The zero-order valence-electron chi connectivity index (χ0n) is 15.3. The van der Waals surface area contributed by atoms with Crippen molar-refractivity contribution in [3.05, 3.63) is 54.1 Å². The number of carbonyl (C=O) groups is 1. The Morgan fingerprint density at radius 3 is 2.78 bits per heavy atom. The highest BCUT2D eigenvalue weighted by Gasteiger charge is 2.24. The summed E-state index contributed by atoms with van der Waals surface area (Å²) in [4.78, 5) is 14.6. The Kier molecular flexibility index (Phi) is 4.85. The molecule has 0 saturated heterocycles. The van der Waals surface area contributed by atoms with Crippen LogP contribution in [-0.2, 0) is 18.3 Å². The van der Waals surface area contributed by atoms with E-state index in [1.165, 1.54) is 17.3 Å². The molecule has 0 atom stereocenters. The Labute approximate surface area is 162 Å². The number of hydrogen-bond donors (Lipinski definition) is 0. The SMILES string of the molecule is COc1ccccc1-c1nnc(SCC(=O)N2CCc3ccccc32)n1C. The summed E-state index contributed by atoms with van der Waals surface area (Å²) >= 11 is 1.40. The molecule has 4 rings (SSSR count). The first-order valence-electron chi connectivity index (χ1n) is 8.73. The van der Waals surface area contributed by atoms with Gasteiger partial charge in [0.25, 0.3) is 0 Å². The van der Waals surface area contributed by atoms with Crippen LogP contribution >= 0.6 is 11.8 Å². The van der Waals surface area contributed by atoms with Gasteiger partial charge in [0.2, 0.25) is 5.91 Å². The highest BCUT2D eigenvalue weighted by Crippen LogP contribution is 2.31. The minimum Gasteiger partial charge on any atom is -0.496 e. The van der Waals surface area contributed by atoms with Crippen molar-refractivity contribution in [3.63, 3.8) is 0 Å². The van der Waals surface area contributed by atoms with Crippen molar-refractivity contribution in [1.82, 2.24) is 14.8 Å². The Morgan fingerprint density at radius 2 is 1.93 bits per heavy atom. The van der Waals surface area contributed by atoms with E-state index >= 15 is 0 Å². The number of thioether (sulfide) groups is 1. The second-order valence-corrected chi connectivity index (χ2v) is 7.22. The fraction of sp³-hybridized carbons (Fsp3) is 0.250. The average molecular weight is 380 g/mol. The summed E-state index contributed by atoms with van der Waals surface area (Å²) in [5, 5.41) is 9.26. The fourth-order valence-electron chi connectivity index (χ4n) is 3.31. The minimum absolute atomic E-state index is 0.0896. The molecule has 1 amide bonds. The maximum absolute atomic E-state index is 12.7. The van der Waals surface area contributed by atoms with Crippen molar-refractivity contribution in [2.24, 2.45) is 7.05 Å². The molecule has 1 aromatic heterocycles. The molecule has 0 N–H and O–H groups in total. The topological polar surface area (TPSA) is 60.3 Å². The third-order valence-electron chi connectivity index (χ3n) is 4.70. The van der Waals surface area contributed by atoms with Crippen LogP contribution in [0.5, 0.6) is 5.75 Å². The van der Waals surface area contributed by atoms with Gasteiger partial charge in [-0.25, -0.2) is 0 Å². The molecule has 2 heterocycles. The number of anilines is 1. The van der Waals surface area contributed by atoms with Crippen molar-refractivity contribution < 1.29 is 9.53 Å². The van der Waals surface area contributed by atoms with E-state index in [1.54, 1.807) is 7.11 Å². The highest BCUT2D eigenvalue weighted by atomic mass is 32.2. The number of methoxy groups -OCH3 is 1. The van der Waals surface area contributed by atoms with E-state index in [0.717, 1.165) is 30.0 Å². The Balaban J connectivity index is 1.49. The first kappa shape index (κ1) is 17.6. The number of fused-ring (bicyclic) bond motifs is 1. The van der Waals surface area contributed by atoms with Gasteiger partial charge >= 0.3 is 0 Å². The maximum atomic E-state index is 12.7. The van der Waals surface area contributed by atoms with Crippen LogP contribution in [0, 0.1) is 0 Å². The molecule has 6 nitrogen and oxygen atoms in total. The molecule has 1 aliphatic heterocycles. The van der Waals surface area contributed by atoms with Gasteiger partial charge in [-0.3, -0.25) is 4.79 Å². The number of para-hydroxylation sites is 2. The molecule has 0 aliphatic carbocycles. The molecule has 2 aromatic carbocycles. The van der Waals surface area contributed by atoms with Crippen LogP contribution in [0.15, 0.2) is 53.7 Å². The predicted molar refractivity (Wildman–Crippen MR) is 106 cm³/mol. The third-order valence-corrected chi connectivity index (χ3v) is 5.70. The molecule has 7 heteroatoms. The van der Waals surface area contributed by atoms with E-state index in [4.69, 9.17) is 4.74 Å². The van der Waals surface area contributed by atoms with Crippen LogP contribution in [0.1, 0.15) is 5.56 Å². The van der Waals surface area contributed by atoms with Gasteiger partial charge in [0.15, 0.2) is 11.0 Å². The Morgan fingerprint density at radius 1 is 1.15 bits per heavy atom. The van der Waals surface area contributed by atoms with Gasteiger partial charge in [0, 0.05) is 19.3 Å². The largest absolute Gasteiger partial charge is 0.496 e. The van der Waals surface area contributed by atoms with Gasteiger partial charge in [-0.2, -0.15) is 0 Å². The Bertz CT molecular complexity index is 986. The monoisotopic (exact) mass is 380 g/mol. The quantitative estimate of drug-likeness (QED) is 0.636. The second kappa shape index (κ2) is 7.44. The van der Waals surface area contributed by atoms with Crippen molar-refractivity contribution in [1.29, 1.82) is 0 Å². The molecule has 0 radical (unpaired) electrons. The molecular formula is C20H20N4O2S. The lowest BCUT2D eigenvalue weighted by atomic mass is 10.2. The minimum atomic E-state index is 0.0896. The first-order chi connectivity index (χ1) is 13.2. The van der Waals surface area contributed by atoms with Crippen LogP contribution in [-0.4, -0.2) is 40.1 Å². The van der Waals surface area contributed by atoms with Crippen molar-refractivity contribution in [3.8, 4) is 17.1 Å². The third kappa shape index (κ3) is 3.30. The van der Waals surface area contributed by atoms with Gasteiger partial charge in [0.05, 0.1) is 18.4 Å². The zero-order chi connectivity index (χ0) is 18.8. The van der Waals surface area contributed by atoms with Gasteiger partial charge in [-0.05, 0) is 30.2 Å². The van der Waals surface area contributed by atoms with E-state index in [1.807, 2.05) is 59.0 Å². The standard InChI is InChI=1S/C20H20N4O2S/c1-23-19(15-8-4-6-10-17(15)26-2)21-22-20(23)27-13-18(25)24-12-11-14-7-3-5-9-16(14)24/h3-10H,11-13H2,1-2H3. The van der Waals surface area contributed by atoms with Crippen LogP contribution < -0.4 is 9.64 Å². The Hall–Kier alpha value is -2.80. The van der Waals surface area contributed by atoms with Crippen LogP contribution in [0.25, 0.3) is 11.4 Å². The van der Waals surface area contributed by atoms with Crippen molar-refractivity contribution in [2.75, 3.05) is 24.3 Å². The summed E-state index contributed by atoms with van der Waals surface area (Å²) in [5.74, 6) is 1.88. The predicted octanol–water partition coefficient (Wildman–Crippen LogP) is 3.17. The zero-order valence-corrected chi connectivity index (χ0v) is 16.1. The molecule has 0 spiro atoms. The summed E-state index contributed by atoms with van der Waals surface area (Å²) < 4.78 is 7.31. The summed E-state index contributed by atoms with van der Waals surface area (Å²) in [6.07, 6.45) is 0.911. The summed E-state index contributed by atoms with van der Waals surface area (Å²) in [5.41, 5.74) is 3.13.